The Morgan fingerprint density at radius 2 is 1.31 bits per heavy atom. The quantitative estimate of drug-likeness (QED) is 0.364. The molecule has 2 aromatic rings. The summed E-state index contributed by atoms with van der Waals surface area (Å²) < 4.78 is 10.9. The van der Waals surface area contributed by atoms with Crippen molar-refractivity contribution in [2.75, 3.05) is 0 Å². The molecule has 0 fully saturated rings. The molecule has 0 spiro atoms. The molecule has 0 aromatic heterocycles. The molecule has 0 saturated carbocycles. The molecule has 190 valence electrons. The molecule has 0 aliphatic heterocycles. The van der Waals surface area contributed by atoms with Crippen LogP contribution in [0, 0.1) is 0 Å². The number of benzene rings is 2. The molecule has 0 aliphatic carbocycles. The second-order valence-electron chi connectivity index (χ2n) is 10.3. The summed E-state index contributed by atoms with van der Waals surface area (Å²) in [5, 5.41) is 6.36. The predicted molar refractivity (Wildman–Crippen MR) is 142 cm³/mol. The van der Waals surface area contributed by atoms with E-state index in [0.717, 1.165) is 11.1 Å². The molecule has 0 unspecified atom stereocenters. The van der Waals surface area contributed by atoms with Gasteiger partial charge in [-0.3, -0.25) is 4.79 Å². The standard InChI is InChI=1S/C27H37N3O4S/c1-26(2,3)33-21(31)17-20(24(32)34-27(4,5)6)29-25(35)30-23(19-15-11-8-12-16-19)22(28)18-13-9-7-10-14-18/h7-16,20,22-23H,17,28H2,1-6H3,(H2,29,30,35)/t20-,22+,23+/m0/s1. The molecule has 8 heteroatoms. The van der Waals surface area contributed by atoms with E-state index >= 15 is 0 Å². The summed E-state index contributed by atoms with van der Waals surface area (Å²) in [6, 6.07) is 17.5. The van der Waals surface area contributed by atoms with E-state index in [-0.39, 0.29) is 17.6 Å². The van der Waals surface area contributed by atoms with Gasteiger partial charge in [0.25, 0.3) is 0 Å². The van der Waals surface area contributed by atoms with Gasteiger partial charge in [0.15, 0.2) is 5.11 Å². The molecular weight excluding hydrogens is 462 g/mol. The van der Waals surface area contributed by atoms with Crippen LogP contribution >= 0.6 is 12.2 Å². The van der Waals surface area contributed by atoms with E-state index in [4.69, 9.17) is 27.4 Å². The average molecular weight is 500 g/mol. The lowest BCUT2D eigenvalue weighted by Gasteiger charge is -2.30. The normalized spacial score (nSPS) is 14.3. The van der Waals surface area contributed by atoms with Crippen molar-refractivity contribution in [1.82, 2.24) is 10.6 Å². The van der Waals surface area contributed by atoms with Gasteiger partial charge in [-0.25, -0.2) is 4.79 Å². The molecule has 0 bridgehead atoms. The first kappa shape index (κ1) is 28.3. The molecule has 0 heterocycles. The Kier molecular flexibility index (Phi) is 9.80. The number of hydrogen-bond donors (Lipinski definition) is 3. The minimum atomic E-state index is -1.03. The lowest BCUT2D eigenvalue weighted by molar-refractivity contribution is -0.164. The summed E-state index contributed by atoms with van der Waals surface area (Å²) in [4.78, 5) is 25.4. The number of esters is 2. The molecule has 0 aliphatic rings. The zero-order valence-corrected chi connectivity index (χ0v) is 22.1. The van der Waals surface area contributed by atoms with Crippen LogP contribution in [0.2, 0.25) is 0 Å². The molecule has 4 N–H and O–H groups in total. The summed E-state index contributed by atoms with van der Waals surface area (Å²) in [5.41, 5.74) is 7.06. The van der Waals surface area contributed by atoms with Gasteiger partial charge in [0, 0.05) is 0 Å². The van der Waals surface area contributed by atoms with Gasteiger partial charge in [-0.05, 0) is 64.9 Å². The second kappa shape index (κ2) is 12.1. The van der Waals surface area contributed by atoms with Gasteiger partial charge in [-0.15, -0.1) is 0 Å². The zero-order chi connectivity index (χ0) is 26.2. The second-order valence-corrected chi connectivity index (χ2v) is 10.7. The van der Waals surface area contributed by atoms with Crippen molar-refractivity contribution < 1.29 is 19.1 Å². The zero-order valence-electron chi connectivity index (χ0n) is 21.3. The summed E-state index contributed by atoms with van der Waals surface area (Å²) in [5.74, 6) is -1.14. The third-order valence-electron chi connectivity index (χ3n) is 4.78. The highest BCUT2D eigenvalue weighted by molar-refractivity contribution is 7.80. The van der Waals surface area contributed by atoms with E-state index in [1.807, 2.05) is 60.7 Å². The first-order chi connectivity index (χ1) is 16.2. The Hall–Kier alpha value is -2.97. The van der Waals surface area contributed by atoms with Crippen LogP contribution in [-0.4, -0.2) is 34.3 Å². The third kappa shape index (κ3) is 10.0. The Bertz CT molecular complexity index is 985. The first-order valence-electron chi connectivity index (χ1n) is 11.6. The molecule has 2 aromatic carbocycles. The first-order valence-corrected chi connectivity index (χ1v) is 12.0. The van der Waals surface area contributed by atoms with E-state index < -0.39 is 35.2 Å². The maximum Gasteiger partial charge on any atom is 0.329 e. The Morgan fingerprint density at radius 1 is 0.829 bits per heavy atom. The van der Waals surface area contributed by atoms with E-state index in [2.05, 4.69) is 10.6 Å². The number of carbonyl (C=O) groups is 2. The highest BCUT2D eigenvalue weighted by atomic mass is 32.1. The minimum absolute atomic E-state index is 0.171. The lowest BCUT2D eigenvalue weighted by Crippen LogP contribution is -2.51. The largest absolute Gasteiger partial charge is 0.460 e. The summed E-state index contributed by atoms with van der Waals surface area (Å²) in [6.07, 6.45) is -0.241. The van der Waals surface area contributed by atoms with Gasteiger partial charge < -0.3 is 25.8 Å². The molecule has 0 amide bonds. The van der Waals surface area contributed by atoms with Gasteiger partial charge in [0.2, 0.25) is 0 Å². The molecule has 0 radical (unpaired) electrons. The minimum Gasteiger partial charge on any atom is -0.460 e. The smallest absolute Gasteiger partial charge is 0.329 e. The average Bonchev–Trinajstić information content (AvgIpc) is 2.75. The number of thiocarbonyl (C=S) groups is 1. The lowest BCUT2D eigenvalue weighted by atomic mass is 9.94. The van der Waals surface area contributed by atoms with Crippen LogP contribution in [0.3, 0.4) is 0 Å². The van der Waals surface area contributed by atoms with Crippen molar-refractivity contribution in [3.05, 3.63) is 71.8 Å². The van der Waals surface area contributed by atoms with Crippen molar-refractivity contribution in [1.29, 1.82) is 0 Å². The predicted octanol–water partition coefficient (Wildman–Crippen LogP) is 4.33. The van der Waals surface area contributed by atoms with Gasteiger partial charge in [-0.1, -0.05) is 60.7 Å². The van der Waals surface area contributed by atoms with Crippen molar-refractivity contribution in [3.8, 4) is 0 Å². The van der Waals surface area contributed by atoms with E-state index in [1.54, 1.807) is 41.5 Å². The SMILES string of the molecule is CC(C)(C)OC(=O)C[C@H](NC(=S)N[C@H](c1ccccc1)[C@H](N)c1ccccc1)C(=O)OC(C)(C)C. The summed E-state index contributed by atoms with van der Waals surface area (Å²) in [6.45, 7) is 10.6. The number of hydrogen-bond acceptors (Lipinski definition) is 6. The Morgan fingerprint density at radius 3 is 1.80 bits per heavy atom. The van der Waals surface area contributed by atoms with E-state index in [1.165, 1.54) is 0 Å². The van der Waals surface area contributed by atoms with Crippen LogP contribution in [0.5, 0.6) is 0 Å². The van der Waals surface area contributed by atoms with Crippen LogP contribution in [-0.2, 0) is 19.1 Å². The molecular formula is C27H37N3O4S. The molecule has 2 rings (SSSR count). The topological polar surface area (TPSA) is 103 Å². The number of nitrogens with two attached hydrogens (primary N) is 1. The maximum atomic E-state index is 12.9. The fourth-order valence-electron chi connectivity index (χ4n) is 3.37. The van der Waals surface area contributed by atoms with Crippen LogP contribution in [0.15, 0.2) is 60.7 Å². The van der Waals surface area contributed by atoms with Gasteiger partial charge in [-0.2, -0.15) is 0 Å². The Balaban J connectivity index is 2.24. The van der Waals surface area contributed by atoms with Crippen LogP contribution in [0.25, 0.3) is 0 Å². The number of ether oxygens (including phenoxy) is 2. The Labute approximate surface area is 213 Å². The fraction of sp³-hybridized carbons (Fsp3) is 0.444. The van der Waals surface area contributed by atoms with Crippen molar-refractivity contribution >= 4 is 29.3 Å². The number of rotatable bonds is 8. The number of carbonyl (C=O) groups excluding carboxylic acids is 2. The van der Waals surface area contributed by atoms with Crippen molar-refractivity contribution in [2.45, 2.75) is 77.3 Å². The van der Waals surface area contributed by atoms with Crippen LogP contribution < -0.4 is 16.4 Å². The van der Waals surface area contributed by atoms with Gasteiger partial charge in [0.05, 0.1) is 18.5 Å². The highest BCUT2D eigenvalue weighted by Gasteiger charge is 2.31. The number of nitrogens with one attached hydrogen (secondary N) is 2. The summed E-state index contributed by atoms with van der Waals surface area (Å²) >= 11 is 5.56. The van der Waals surface area contributed by atoms with E-state index in [9.17, 15) is 9.59 Å². The van der Waals surface area contributed by atoms with Gasteiger partial charge >= 0.3 is 11.9 Å². The van der Waals surface area contributed by atoms with E-state index in [0.29, 0.717) is 0 Å². The van der Waals surface area contributed by atoms with Gasteiger partial charge in [0.1, 0.15) is 17.2 Å². The van der Waals surface area contributed by atoms with Crippen molar-refractivity contribution in [3.63, 3.8) is 0 Å². The maximum absolute atomic E-state index is 12.9. The highest BCUT2D eigenvalue weighted by Crippen LogP contribution is 2.26. The van der Waals surface area contributed by atoms with Crippen LogP contribution in [0.1, 0.15) is 71.2 Å². The third-order valence-corrected chi connectivity index (χ3v) is 5.01. The molecule has 35 heavy (non-hydrogen) atoms. The fourth-order valence-corrected chi connectivity index (χ4v) is 3.63. The molecule has 0 saturated heterocycles. The van der Waals surface area contributed by atoms with Crippen molar-refractivity contribution in [2.24, 2.45) is 5.73 Å². The molecule has 3 atom stereocenters. The van der Waals surface area contributed by atoms with Crippen LogP contribution in [0.4, 0.5) is 0 Å². The monoisotopic (exact) mass is 499 g/mol. The molecule has 7 nitrogen and oxygen atoms in total. The summed E-state index contributed by atoms with van der Waals surface area (Å²) in [7, 11) is 0.